The molecule has 0 aromatic rings. The molecular formula is C9H14FN. The molecule has 0 N–H and O–H groups in total. The average molecular weight is 155 g/mol. The van der Waals surface area contributed by atoms with E-state index in [4.69, 9.17) is 0 Å². The fraction of sp³-hybridized carbons (Fsp3) is 1.00. The summed E-state index contributed by atoms with van der Waals surface area (Å²) >= 11 is 0. The lowest BCUT2D eigenvalue weighted by molar-refractivity contribution is 0.174. The maximum absolute atomic E-state index is 13.4. The Bertz CT molecular complexity index is 188. The summed E-state index contributed by atoms with van der Waals surface area (Å²) in [6, 6.07) is 0.618. The van der Waals surface area contributed by atoms with Crippen LogP contribution in [-0.2, 0) is 0 Å². The van der Waals surface area contributed by atoms with Gasteiger partial charge in [-0.1, -0.05) is 0 Å². The first kappa shape index (κ1) is 6.41. The zero-order valence-electron chi connectivity index (χ0n) is 6.72. The van der Waals surface area contributed by atoms with Gasteiger partial charge in [0, 0.05) is 6.04 Å². The quantitative estimate of drug-likeness (QED) is 0.515. The highest BCUT2D eigenvalue weighted by Crippen LogP contribution is 2.55. The molecule has 3 aliphatic rings. The van der Waals surface area contributed by atoms with Gasteiger partial charge in [-0.15, -0.1) is 0 Å². The lowest BCUT2D eigenvalue weighted by Crippen LogP contribution is -2.36. The summed E-state index contributed by atoms with van der Waals surface area (Å²) in [5, 5.41) is 0. The average Bonchev–Trinajstić information content (AvgIpc) is 2.61. The SMILES string of the molecule is FC1CC2CCCN2C12CC2. The number of hydrogen-bond acceptors (Lipinski definition) is 1. The zero-order valence-corrected chi connectivity index (χ0v) is 6.72. The molecule has 1 nitrogen and oxygen atoms in total. The minimum absolute atomic E-state index is 0.0706. The fourth-order valence-electron chi connectivity index (χ4n) is 3.03. The summed E-state index contributed by atoms with van der Waals surface area (Å²) in [5.41, 5.74) is 0.0706. The van der Waals surface area contributed by atoms with E-state index in [0.717, 1.165) is 19.3 Å². The van der Waals surface area contributed by atoms with Crippen molar-refractivity contribution in [1.82, 2.24) is 4.90 Å². The van der Waals surface area contributed by atoms with E-state index in [2.05, 4.69) is 4.90 Å². The van der Waals surface area contributed by atoms with Crippen LogP contribution in [0.5, 0.6) is 0 Å². The van der Waals surface area contributed by atoms with Gasteiger partial charge in [0.15, 0.2) is 0 Å². The molecule has 3 rings (SSSR count). The third-order valence-electron chi connectivity index (χ3n) is 3.77. The van der Waals surface area contributed by atoms with E-state index >= 15 is 0 Å². The summed E-state index contributed by atoms with van der Waals surface area (Å²) in [4.78, 5) is 2.46. The minimum atomic E-state index is -0.493. The molecule has 1 saturated carbocycles. The monoisotopic (exact) mass is 155 g/mol. The van der Waals surface area contributed by atoms with Gasteiger partial charge < -0.3 is 0 Å². The largest absolute Gasteiger partial charge is 0.292 e. The molecule has 0 amide bonds. The maximum atomic E-state index is 13.4. The third kappa shape index (κ3) is 0.645. The number of hydrogen-bond donors (Lipinski definition) is 0. The van der Waals surface area contributed by atoms with Crippen molar-refractivity contribution in [2.75, 3.05) is 6.54 Å². The van der Waals surface area contributed by atoms with E-state index in [0.29, 0.717) is 6.04 Å². The second-order valence-electron chi connectivity index (χ2n) is 4.30. The predicted octanol–water partition coefficient (Wildman–Crippen LogP) is 1.73. The smallest absolute Gasteiger partial charge is 0.120 e. The lowest BCUT2D eigenvalue weighted by atomic mass is 10.1. The molecule has 2 unspecified atom stereocenters. The molecule has 2 atom stereocenters. The van der Waals surface area contributed by atoms with Crippen molar-refractivity contribution in [2.45, 2.75) is 49.9 Å². The lowest BCUT2D eigenvalue weighted by Gasteiger charge is -2.23. The van der Waals surface area contributed by atoms with Crippen molar-refractivity contribution in [2.24, 2.45) is 0 Å². The van der Waals surface area contributed by atoms with Crippen LogP contribution >= 0.6 is 0 Å². The first-order chi connectivity index (χ1) is 5.33. The normalized spacial score (nSPS) is 46.6. The van der Waals surface area contributed by atoms with Gasteiger partial charge in [0.2, 0.25) is 0 Å². The Morgan fingerprint density at radius 1 is 1.36 bits per heavy atom. The van der Waals surface area contributed by atoms with Gasteiger partial charge in [-0.3, -0.25) is 4.90 Å². The summed E-state index contributed by atoms with van der Waals surface area (Å²) < 4.78 is 13.4. The van der Waals surface area contributed by atoms with Crippen LogP contribution in [0.25, 0.3) is 0 Å². The Morgan fingerprint density at radius 2 is 2.18 bits per heavy atom. The molecule has 0 bridgehead atoms. The number of fused-ring (bicyclic) bond motifs is 2. The van der Waals surface area contributed by atoms with Gasteiger partial charge in [0.25, 0.3) is 0 Å². The molecule has 2 saturated heterocycles. The Hall–Kier alpha value is -0.110. The van der Waals surface area contributed by atoms with Crippen LogP contribution in [0.3, 0.4) is 0 Å². The Morgan fingerprint density at radius 3 is 2.91 bits per heavy atom. The van der Waals surface area contributed by atoms with Crippen LogP contribution in [0.4, 0.5) is 4.39 Å². The Kier molecular flexibility index (Phi) is 1.04. The number of rotatable bonds is 0. The molecular weight excluding hydrogens is 141 g/mol. The van der Waals surface area contributed by atoms with Crippen LogP contribution in [0.1, 0.15) is 32.1 Å². The molecule has 2 aliphatic heterocycles. The van der Waals surface area contributed by atoms with Crippen LogP contribution in [0.15, 0.2) is 0 Å². The standard InChI is InChI=1S/C9H14FN/c10-8-6-7-2-1-5-11(7)9(8)3-4-9/h7-8H,1-6H2. The number of alkyl halides is 1. The fourth-order valence-corrected chi connectivity index (χ4v) is 3.03. The topological polar surface area (TPSA) is 3.24 Å². The van der Waals surface area contributed by atoms with E-state index in [1.54, 1.807) is 0 Å². The van der Waals surface area contributed by atoms with Crippen LogP contribution < -0.4 is 0 Å². The summed E-state index contributed by atoms with van der Waals surface area (Å²) in [7, 11) is 0. The van der Waals surface area contributed by atoms with Crippen molar-refractivity contribution in [3.8, 4) is 0 Å². The summed E-state index contributed by atoms with van der Waals surface area (Å²) in [5.74, 6) is 0. The molecule has 11 heavy (non-hydrogen) atoms. The molecule has 1 spiro atoms. The molecule has 2 heteroatoms. The Balaban J connectivity index is 1.92. The van der Waals surface area contributed by atoms with Gasteiger partial charge in [0.1, 0.15) is 6.17 Å². The predicted molar refractivity (Wildman–Crippen MR) is 41.2 cm³/mol. The highest BCUT2D eigenvalue weighted by molar-refractivity contribution is 5.17. The molecule has 62 valence electrons. The van der Waals surface area contributed by atoms with E-state index in [1.807, 2.05) is 0 Å². The van der Waals surface area contributed by atoms with Crippen molar-refractivity contribution < 1.29 is 4.39 Å². The summed E-state index contributed by atoms with van der Waals surface area (Å²) in [6.45, 7) is 1.17. The van der Waals surface area contributed by atoms with E-state index in [1.165, 1.54) is 19.4 Å². The minimum Gasteiger partial charge on any atom is -0.292 e. The van der Waals surface area contributed by atoms with Crippen LogP contribution in [0.2, 0.25) is 0 Å². The van der Waals surface area contributed by atoms with Crippen LogP contribution in [0, 0.1) is 0 Å². The van der Waals surface area contributed by atoms with Gasteiger partial charge in [-0.05, 0) is 38.6 Å². The van der Waals surface area contributed by atoms with E-state index < -0.39 is 6.17 Å². The van der Waals surface area contributed by atoms with E-state index in [-0.39, 0.29) is 5.54 Å². The van der Waals surface area contributed by atoms with Gasteiger partial charge in [-0.2, -0.15) is 0 Å². The van der Waals surface area contributed by atoms with Crippen molar-refractivity contribution in [3.63, 3.8) is 0 Å². The highest BCUT2D eigenvalue weighted by Gasteiger charge is 2.62. The molecule has 1 aliphatic carbocycles. The van der Waals surface area contributed by atoms with Gasteiger partial charge in [-0.25, -0.2) is 4.39 Å². The molecule has 3 fully saturated rings. The second kappa shape index (κ2) is 1.79. The molecule has 0 aromatic heterocycles. The highest BCUT2D eigenvalue weighted by atomic mass is 19.1. The van der Waals surface area contributed by atoms with Crippen molar-refractivity contribution >= 4 is 0 Å². The van der Waals surface area contributed by atoms with Gasteiger partial charge in [0.05, 0.1) is 5.54 Å². The molecule has 2 heterocycles. The zero-order chi connectivity index (χ0) is 7.47. The number of nitrogens with zero attached hydrogens (tertiary/aromatic N) is 1. The first-order valence-electron chi connectivity index (χ1n) is 4.74. The van der Waals surface area contributed by atoms with E-state index in [9.17, 15) is 4.39 Å². The second-order valence-corrected chi connectivity index (χ2v) is 4.30. The number of halogens is 1. The van der Waals surface area contributed by atoms with Crippen molar-refractivity contribution in [3.05, 3.63) is 0 Å². The Labute approximate surface area is 66.6 Å². The van der Waals surface area contributed by atoms with Crippen LogP contribution in [-0.4, -0.2) is 29.2 Å². The summed E-state index contributed by atoms with van der Waals surface area (Å²) in [6.07, 6.45) is 5.16. The third-order valence-corrected chi connectivity index (χ3v) is 3.77. The molecule has 0 aromatic carbocycles. The van der Waals surface area contributed by atoms with Crippen molar-refractivity contribution in [1.29, 1.82) is 0 Å². The van der Waals surface area contributed by atoms with Gasteiger partial charge >= 0.3 is 0 Å². The first-order valence-corrected chi connectivity index (χ1v) is 4.74. The molecule has 0 radical (unpaired) electrons. The maximum Gasteiger partial charge on any atom is 0.120 e.